The van der Waals surface area contributed by atoms with Crippen molar-refractivity contribution in [2.24, 2.45) is 11.8 Å². The fraction of sp³-hybridized carbons (Fsp3) is 0.464. The van der Waals surface area contributed by atoms with Crippen molar-refractivity contribution in [2.75, 3.05) is 19.7 Å². The molecule has 4 heterocycles. The van der Waals surface area contributed by atoms with Gasteiger partial charge in [-0.05, 0) is 81.3 Å². The van der Waals surface area contributed by atoms with Gasteiger partial charge in [-0.3, -0.25) is 4.90 Å². The molecule has 3 aromatic heterocycles. The molecule has 1 aliphatic carbocycles. The average molecular weight is 554 g/mol. The minimum Gasteiger partial charge on any atom is -0.493 e. The first-order valence-electron chi connectivity index (χ1n) is 13.4. The Hall–Kier alpha value is -2.75. The summed E-state index contributed by atoms with van der Waals surface area (Å²) in [6.45, 7) is 2.14. The van der Waals surface area contributed by atoms with Crippen molar-refractivity contribution < 1.29 is 13.2 Å². The molecule has 38 heavy (non-hydrogen) atoms. The van der Waals surface area contributed by atoms with E-state index in [0.29, 0.717) is 17.5 Å². The Morgan fingerprint density at radius 2 is 1.89 bits per heavy atom. The number of fused-ring (bicyclic) bond motifs is 3. The number of nitrogens with one attached hydrogen (secondary N) is 1. The maximum absolute atomic E-state index is 12.6. The number of piperidine rings is 1. The molecule has 10 heteroatoms. The summed E-state index contributed by atoms with van der Waals surface area (Å²) in [7, 11) is -2.57. The molecule has 1 N–H and O–H groups in total. The lowest BCUT2D eigenvalue weighted by Crippen LogP contribution is -2.48. The number of likely N-dealkylation sites (tertiary alicyclic amines) is 1. The molecule has 2 unspecified atom stereocenters. The van der Waals surface area contributed by atoms with Gasteiger partial charge in [0.2, 0.25) is 0 Å². The van der Waals surface area contributed by atoms with Crippen molar-refractivity contribution in [1.29, 1.82) is 0 Å². The van der Waals surface area contributed by atoms with Crippen LogP contribution in [0.15, 0.2) is 48.9 Å². The van der Waals surface area contributed by atoms with Gasteiger partial charge in [0, 0.05) is 52.0 Å². The lowest BCUT2D eigenvalue weighted by atomic mass is 9.78. The van der Waals surface area contributed by atoms with Gasteiger partial charge >= 0.3 is 0 Å². The highest BCUT2D eigenvalue weighted by molar-refractivity contribution is 7.73. The van der Waals surface area contributed by atoms with Gasteiger partial charge in [0.05, 0.1) is 18.5 Å². The molecule has 1 aliphatic heterocycles. The van der Waals surface area contributed by atoms with E-state index in [9.17, 15) is 8.42 Å². The van der Waals surface area contributed by atoms with Gasteiger partial charge in [-0.2, -0.15) is 10.2 Å². The zero-order valence-corrected chi connectivity index (χ0v) is 22.8. The SMILES string of the molecule is O=[SH](=O)C(C1CCC(c2nncc3cnc4[nH]ccc4c23)CC1)N1CCCC(COc2ccc(Cl)cc2)C1. The first-order chi connectivity index (χ1) is 18.6. The van der Waals surface area contributed by atoms with Gasteiger partial charge in [0.25, 0.3) is 0 Å². The summed E-state index contributed by atoms with van der Waals surface area (Å²) in [4.78, 5) is 9.88. The summed E-state index contributed by atoms with van der Waals surface area (Å²) in [5, 5.41) is 12.3. The second kappa shape index (κ2) is 11.2. The normalized spacial score (nSPS) is 23.7. The largest absolute Gasteiger partial charge is 0.493 e. The predicted octanol–water partition coefficient (Wildman–Crippen LogP) is 5.16. The monoisotopic (exact) mass is 553 g/mol. The number of aromatic amines is 1. The number of aromatic nitrogens is 4. The van der Waals surface area contributed by atoms with Crippen LogP contribution in [0.4, 0.5) is 0 Å². The molecular formula is C28H32ClN5O3S. The Bertz CT molecular complexity index is 1480. The van der Waals surface area contributed by atoms with Crippen molar-refractivity contribution in [2.45, 2.75) is 49.8 Å². The van der Waals surface area contributed by atoms with Gasteiger partial charge in [-0.1, -0.05) is 11.6 Å². The molecule has 200 valence electrons. The van der Waals surface area contributed by atoms with Gasteiger partial charge in [-0.25, -0.2) is 13.4 Å². The van der Waals surface area contributed by atoms with E-state index in [4.69, 9.17) is 16.3 Å². The maximum atomic E-state index is 12.6. The number of pyridine rings is 1. The summed E-state index contributed by atoms with van der Waals surface area (Å²) in [5.74, 6) is 1.48. The van der Waals surface area contributed by atoms with Crippen molar-refractivity contribution in [3.05, 3.63) is 59.6 Å². The molecular weight excluding hydrogens is 522 g/mol. The molecule has 8 nitrogen and oxygen atoms in total. The van der Waals surface area contributed by atoms with Crippen molar-refractivity contribution >= 4 is 44.1 Å². The van der Waals surface area contributed by atoms with Crippen LogP contribution in [0.25, 0.3) is 21.8 Å². The third-order valence-electron chi connectivity index (χ3n) is 8.25. The smallest absolute Gasteiger partial charge is 0.156 e. The highest BCUT2D eigenvalue weighted by Gasteiger charge is 2.37. The van der Waals surface area contributed by atoms with Crippen LogP contribution in [-0.2, 0) is 10.7 Å². The molecule has 4 aromatic rings. The van der Waals surface area contributed by atoms with E-state index >= 15 is 0 Å². The predicted molar refractivity (Wildman–Crippen MR) is 149 cm³/mol. The lowest BCUT2D eigenvalue weighted by molar-refractivity contribution is 0.0898. The van der Waals surface area contributed by atoms with E-state index < -0.39 is 16.1 Å². The van der Waals surface area contributed by atoms with E-state index in [1.807, 2.05) is 42.7 Å². The molecule has 0 amide bonds. The summed E-state index contributed by atoms with van der Waals surface area (Å²) in [6.07, 6.45) is 11.1. The van der Waals surface area contributed by atoms with E-state index in [1.54, 1.807) is 6.20 Å². The fourth-order valence-electron chi connectivity index (χ4n) is 6.41. The van der Waals surface area contributed by atoms with Crippen LogP contribution in [0.1, 0.15) is 50.1 Å². The number of rotatable bonds is 7. The van der Waals surface area contributed by atoms with Gasteiger partial charge in [-0.15, -0.1) is 0 Å². The van der Waals surface area contributed by atoms with Gasteiger partial charge < -0.3 is 9.72 Å². The second-order valence-corrected chi connectivity index (χ2v) is 12.2. The van der Waals surface area contributed by atoms with Crippen LogP contribution in [-0.4, -0.2) is 58.6 Å². The third kappa shape index (κ3) is 5.24. The zero-order valence-electron chi connectivity index (χ0n) is 21.1. The number of hydrogen-bond donors (Lipinski definition) is 2. The molecule has 2 fully saturated rings. The molecule has 1 saturated carbocycles. The average Bonchev–Trinajstić information content (AvgIpc) is 3.42. The quantitative estimate of drug-likeness (QED) is 0.305. The van der Waals surface area contributed by atoms with Crippen molar-refractivity contribution in [1.82, 2.24) is 25.1 Å². The summed E-state index contributed by atoms with van der Waals surface area (Å²) >= 11 is 5.98. The Labute approximate surface area is 228 Å². The first-order valence-corrected chi connectivity index (χ1v) is 15.0. The number of hydrogen-bond acceptors (Lipinski definition) is 7. The fourth-order valence-corrected chi connectivity index (χ4v) is 7.65. The standard InChI is InChI=1S/C28H32ClN5O3S/c29-22-7-9-23(10-8-22)37-17-18-2-1-13-34(16-18)28(38(35)36)20-5-3-19(4-6-20)26-25-21(15-32-33-26)14-31-27-24(25)11-12-30-27/h7-12,14-15,18-20,28,38H,1-6,13,16-17H2,(H,30,31). The minimum atomic E-state index is -2.57. The van der Waals surface area contributed by atoms with Crippen molar-refractivity contribution in [3.8, 4) is 5.75 Å². The Morgan fingerprint density at radius 1 is 1.08 bits per heavy atom. The molecule has 0 bridgehead atoms. The summed E-state index contributed by atoms with van der Waals surface area (Å²) in [5.41, 5.74) is 1.86. The van der Waals surface area contributed by atoms with Gasteiger partial charge in [0.15, 0.2) is 10.7 Å². The molecule has 1 aromatic carbocycles. The first kappa shape index (κ1) is 25.5. The molecule has 0 spiro atoms. The third-order valence-corrected chi connectivity index (χ3v) is 9.69. The molecule has 2 atom stereocenters. The van der Waals surface area contributed by atoms with Gasteiger partial charge in [0.1, 0.15) is 16.8 Å². The number of benzene rings is 1. The minimum absolute atomic E-state index is 0.125. The molecule has 2 aliphatic rings. The Kier molecular flexibility index (Phi) is 7.50. The van der Waals surface area contributed by atoms with E-state index in [0.717, 1.165) is 84.9 Å². The number of H-pyrrole nitrogens is 1. The summed E-state index contributed by atoms with van der Waals surface area (Å²) < 4.78 is 31.2. The molecule has 0 radical (unpaired) electrons. The van der Waals surface area contributed by atoms with Crippen LogP contribution in [0.5, 0.6) is 5.75 Å². The number of thiol groups is 1. The number of nitrogens with zero attached hydrogens (tertiary/aromatic N) is 4. The van der Waals surface area contributed by atoms with E-state index in [2.05, 4.69) is 25.1 Å². The number of halogens is 1. The molecule has 6 rings (SSSR count). The summed E-state index contributed by atoms with van der Waals surface area (Å²) in [6, 6.07) is 9.43. The molecule has 1 saturated heterocycles. The zero-order chi connectivity index (χ0) is 26.1. The van der Waals surface area contributed by atoms with E-state index in [-0.39, 0.29) is 11.8 Å². The van der Waals surface area contributed by atoms with Crippen LogP contribution in [0.2, 0.25) is 5.02 Å². The maximum Gasteiger partial charge on any atom is 0.156 e. The topological polar surface area (TPSA) is 101 Å². The highest BCUT2D eigenvalue weighted by Crippen LogP contribution is 2.41. The van der Waals surface area contributed by atoms with Crippen molar-refractivity contribution in [3.63, 3.8) is 0 Å². The second-order valence-electron chi connectivity index (χ2n) is 10.6. The number of ether oxygens (including phenoxy) is 1. The van der Waals surface area contributed by atoms with Crippen LogP contribution in [0, 0.1) is 11.8 Å². The van der Waals surface area contributed by atoms with Crippen LogP contribution < -0.4 is 4.74 Å². The van der Waals surface area contributed by atoms with Crippen LogP contribution in [0.3, 0.4) is 0 Å². The van der Waals surface area contributed by atoms with Crippen LogP contribution >= 0.6 is 11.6 Å². The Morgan fingerprint density at radius 3 is 2.68 bits per heavy atom. The van der Waals surface area contributed by atoms with E-state index in [1.165, 1.54) is 0 Å². The Balaban J connectivity index is 1.13. The lowest BCUT2D eigenvalue weighted by Gasteiger charge is -2.41. The highest BCUT2D eigenvalue weighted by atomic mass is 35.5.